The van der Waals surface area contributed by atoms with Crippen molar-refractivity contribution in [2.24, 2.45) is 0 Å². The summed E-state index contributed by atoms with van der Waals surface area (Å²) < 4.78 is 48.6. The molecule has 0 amide bonds. The number of nitrogens with zero attached hydrogens (tertiary/aromatic N) is 4. The van der Waals surface area contributed by atoms with Gasteiger partial charge in [-0.3, -0.25) is 0 Å². The van der Waals surface area contributed by atoms with E-state index in [-0.39, 0.29) is 17.8 Å². The molecule has 9 heteroatoms. The predicted octanol–water partition coefficient (Wildman–Crippen LogP) is 3.79. The zero-order valence-corrected chi connectivity index (χ0v) is 16.4. The molecule has 0 atom stereocenters. The van der Waals surface area contributed by atoms with Crippen LogP contribution in [0.3, 0.4) is 0 Å². The van der Waals surface area contributed by atoms with E-state index in [9.17, 15) is 4.39 Å². The van der Waals surface area contributed by atoms with E-state index < -0.39 is 12.9 Å². The monoisotopic (exact) mass is 413 g/mol. The lowest BCUT2D eigenvalue weighted by Crippen LogP contribution is -2.29. The number of fused-ring (bicyclic) bond motifs is 2. The minimum absolute atomic E-state index is 0.0933. The Kier molecular flexibility index (Phi) is 3.94. The van der Waals surface area contributed by atoms with Crippen LogP contribution in [-0.2, 0) is 4.74 Å². The van der Waals surface area contributed by atoms with Gasteiger partial charge in [0, 0.05) is 49.0 Å². The number of H-pyrrole nitrogens is 1. The van der Waals surface area contributed by atoms with E-state index in [0.717, 1.165) is 12.8 Å². The van der Waals surface area contributed by atoms with Crippen LogP contribution in [0.25, 0.3) is 27.8 Å². The first-order valence-electron chi connectivity index (χ1n) is 11.3. The third-order valence-electron chi connectivity index (χ3n) is 5.62. The van der Waals surface area contributed by atoms with Crippen LogP contribution in [0.2, 0.25) is 0 Å². The van der Waals surface area contributed by atoms with E-state index in [2.05, 4.69) is 25.3 Å². The van der Waals surface area contributed by atoms with Crippen molar-refractivity contribution in [1.82, 2.24) is 24.3 Å². The maximum atomic E-state index is 14.5. The zero-order chi connectivity index (χ0) is 23.2. The van der Waals surface area contributed by atoms with Gasteiger partial charge in [0.1, 0.15) is 5.65 Å². The highest BCUT2D eigenvalue weighted by Crippen LogP contribution is 2.35. The maximum Gasteiger partial charge on any atom is 0.228 e. The van der Waals surface area contributed by atoms with Crippen molar-refractivity contribution in [2.75, 3.05) is 19.5 Å². The highest BCUT2D eigenvalue weighted by atomic mass is 19.1. The number of aromatic amines is 1. The smallest absolute Gasteiger partial charge is 0.228 e. The van der Waals surface area contributed by atoms with Gasteiger partial charge >= 0.3 is 0 Å². The molecule has 4 aromatic heterocycles. The van der Waals surface area contributed by atoms with Crippen molar-refractivity contribution < 1.29 is 18.0 Å². The van der Waals surface area contributed by atoms with E-state index in [4.69, 9.17) is 13.6 Å². The number of rotatable bonds is 5. The molecule has 0 unspecified atom stereocenters. The summed E-state index contributed by atoms with van der Waals surface area (Å²) in [6.07, 6.45) is 9.27. The molecule has 30 heavy (non-hydrogen) atoms. The van der Waals surface area contributed by atoms with Gasteiger partial charge in [-0.15, -0.1) is 0 Å². The van der Waals surface area contributed by atoms with Gasteiger partial charge in [0.2, 0.25) is 11.8 Å². The molecular weight excluding hydrogens is 387 g/mol. The molecule has 0 bridgehead atoms. The number of methoxy groups -OCH3 is 2. The molecule has 0 radical (unpaired) electrons. The van der Waals surface area contributed by atoms with E-state index in [1.807, 2.05) is 0 Å². The fourth-order valence-electron chi connectivity index (χ4n) is 4.09. The average Bonchev–Trinajstić information content (AvgIpc) is 3.41. The van der Waals surface area contributed by atoms with Gasteiger partial charge in [0.05, 0.1) is 22.7 Å². The summed E-state index contributed by atoms with van der Waals surface area (Å²) in [4.78, 5) is 16.3. The first kappa shape index (κ1) is 15.6. The number of hydrogen-bond acceptors (Lipinski definition) is 6. The quantitative estimate of drug-likeness (QED) is 0.517. The third kappa shape index (κ3) is 3.24. The lowest BCUT2D eigenvalue weighted by Gasteiger charge is -2.28. The number of aromatic nitrogens is 5. The Hall–Kier alpha value is -3.20. The second kappa shape index (κ2) is 7.56. The Morgan fingerprint density at radius 1 is 1.30 bits per heavy atom. The summed E-state index contributed by atoms with van der Waals surface area (Å²) in [5, 5.41) is 3.97. The van der Waals surface area contributed by atoms with Crippen molar-refractivity contribution in [3.63, 3.8) is 0 Å². The average molecular weight is 413 g/mol. The standard InChI is InChI=1S/C21H23FN6O2/c1-29-14-5-3-13(4-6-14)25-21-26-18-17(20(27-21)30-2)15(10-24-18)12-9-16(22)19-23-7-8-28(19)11-12/h7-11,13-14H,3-6H2,1-2H3,(H2,24,25,26,27)/i1D3. The molecule has 1 saturated carbocycles. The Balaban J connectivity index is 1.39. The van der Waals surface area contributed by atoms with E-state index in [1.54, 1.807) is 29.2 Å². The maximum absolute atomic E-state index is 14.5. The molecule has 0 spiro atoms. The first-order chi connectivity index (χ1) is 15.8. The number of anilines is 1. The van der Waals surface area contributed by atoms with Crippen LogP contribution in [0.15, 0.2) is 30.9 Å². The fourth-order valence-corrected chi connectivity index (χ4v) is 4.09. The van der Waals surface area contributed by atoms with Gasteiger partial charge in [0.15, 0.2) is 11.5 Å². The van der Waals surface area contributed by atoms with E-state index >= 15 is 0 Å². The molecule has 0 aromatic carbocycles. The van der Waals surface area contributed by atoms with E-state index in [1.165, 1.54) is 13.2 Å². The molecule has 0 aliphatic heterocycles. The van der Waals surface area contributed by atoms with Crippen LogP contribution in [-0.4, -0.2) is 50.6 Å². The normalized spacial score (nSPS) is 21.3. The minimum atomic E-state index is -2.37. The van der Waals surface area contributed by atoms with E-state index in [0.29, 0.717) is 46.8 Å². The number of nitrogens with one attached hydrogen (secondary N) is 2. The summed E-state index contributed by atoms with van der Waals surface area (Å²) in [7, 11) is -0.845. The second-order valence-electron chi connectivity index (χ2n) is 7.45. The van der Waals surface area contributed by atoms with Crippen LogP contribution in [0.1, 0.15) is 29.8 Å². The SMILES string of the molecule is [2H]C([2H])([2H])OC1CCC(Nc2nc(OC)c3c(-c4cc(F)c5nccn5c4)c[nH]c3n2)CC1. The summed E-state index contributed by atoms with van der Waals surface area (Å²) >= 11 is 0. The molecule has 1 aliphatic rings. The Morgan fingerprint density at radius 3 is 2.97 bits per heavy atom. The molecule has 156 valence electrons. The summed E-state index contributed by atoms with van der Waals surface area (Å²) in [5.41, 5.74) is 2.17. The van der Waals surface area contributed by atoms with Crippen LogP contribution in [0.5, 0.6) is 5.88 Å². The van der Waals surface area contributed by atoms with Gasteiger partial charge in [-0.1, -0.05) is 0 Å². The van der Waals surface area contributed by atoms with Gasteiger partial charge in [0.25, 0.3) is 0 Å². The largest absolute Gasteiger partial charge is 0.480 e. The molecule has 1 aliphatic carbocycles. The summed E-state index contributed by atoms with van der Waals surface area (Å²) in [5.74, 6) is 0.344. The number of imidazole rings is 1. The molecular formula is C21H23FN6O2. The van der Waals surface area contributed by atoms with Crippen molar-refractivity contribution in [2.45, 2.75) is 37.8 Å². The number of ether oxygens (including phenoxy) is 2. The van der Waals surface area contributed by atoms with Gasteiger partial charge in [-0.2, -0.15) is 9.97 Å². The summed E-state index contributed by atoms with van der Waals surface area (Å²) in [6.45, 7) is 0. The highest BCUT2D eigenvalue weighted by Gasteiger charge is 2.23. The molecule has 5 rings (SSSR count). The van der Waals surface area contributed by atoms with Gasteiger partial charge in [-0.25, -0.2) is 9.37 Å². The van der Waals surface area contributed by atoms with Gasteiger partial charge < -0.3 is 24.2 Å². The molecule has 2 N–H and O–H groups in total. The van der Waals surface area contributed by atoms with Crippen LogP contribution < -0.4 is 10.1 Å². The minimum Gasteiger partial charge on any atom is -0.480 e. The lowest BCUT2D eigenvalue weighted by molar-refractivity contribution is 0.0681. The lowest BCUT2D eigenvalue weighted by atomic mass is 9.93. The molecule has 0 saturated heterocycles. The van der Waals surface area contributed by atoms with Crippen LogP contribution in [0, 0.1) is 5.82 Å². The molecule has 8 nitrogen and oxygen atoms in total. The molecule has 4 aromatic rings. The van der Waals surface area contributed by atoms with Crippen molar-refractivity contribution >= 4 is 22.6 Å². The summed E-state index contributed by atoms with van der Waals surface area (Å²) in [6, 6.07) is 1.52. The van der Waals surface area contributed by atoms with Crippen molar-refractivity contribution in [3.05, 3.63) is 36.7 Å². The Labute approximate surface area is 176 Å². The number of halogens is 1. The van der Waals surface area contributed by atoms with Crippen molar-refractivity contribution in [3.8, 4) is 17.0 Å². The second-order valence-corrected chi connectivity index (χ2v) is 7.45. The zero-order valence-electron chi connectivity index (χ0n) is 19.4. The fraction of sp³-hybridized carbons (Fsp3) is 0.381. The van der Waals surface area contributed by atoms with Crippen LogP contribution in [0.4, 0.5) is 10.3 Å². The number of hydrogen-bond donors (Lipinski definition) is 2. The van der Waals surface area contributed by atoms with Crippen LogP contribution >= 0.6 is 0 Å². The topological polar surface area (TPSA) is 89.4 Å². The highest BCUT2D eigenvalue weighted by molar-refractivity contribution is 5.97. The van der Waals surface area contributed by atoms with Gasteiger partial charge in [-0.05, 0) is 31.7 Å². The molecule has 1 fully saturated rings. The predicted molar refractivity (Wildman–Crippen MR) is 111 cm³/mol. The number of pyridine rings is 1. The molecule has 4 heterocycles. The third-order valence-corrected chi connectivity index (χ3v) is 5.62. The Bertz CT molecular complexity index is 1300. The Morgan fingerprint density at radius 2 is 2.17 bits per heavy atom. The first-order valence-corrected chi connectivity index (χ1v) is 9.81. The van der Waals surface area contributed by atoms with Crippen molar-refractivity contribution in [1.29, 1.82) is 0 Å².